The summed E-state index contributed by atoms with van der Waals surface area (Å²) < 4.78 is 14.9. The molecule has 1 N–H and O–H groups in total. The van der Waals surface area contributed by atoms with E-state index in [2.05, 4.69) is 17.3 Å². The third kappa shape index (κ3) is 3.58. The van der Waals surface area contributed by atoms with Crippen LogP contribution in [0.15, 0.2) is 24.3 Å². The molecule has 6 nitrogen and oxygen atoms in total. The van der Waals surface area contributed by atoms with Crippen LogP contribution in [0.25, 0.3) is 5.69 Å². The lowest BCUT2D eigenvalue weighted by atomic mass is 10.0. The molecule has 0 aliphatic carbocycles. The van der Waals surface area contributed by atoms with Crippen molar-refractivity contribution in [1.82, 2.24) is 14.7 Å². The number of nitrogens with one attached hydrogen (secondary N) is 1. The van der Waals surface area contributed by atoms with E-state index in [9.17, 15) is 14.0 Å². The van der Waals surface area contributed by atoms with Crippen molar-refractivity contribution < 1.29 is 14.0 Å². The number of piperidine rings is 1. The van der Waals surface area contributed by atoms with Crippen LogP contribution in [-0.2, 0) is 21.1 Å². The van der Waals surface area contributed by atoms with Crippen LogP contribution >= 0.6 is 11.8 Å². The molecule has 1 saturated heterocycles. The average molecular weight is 388 g/mol. The van der Waals surface area contributed by atoms with Crippen LogP contribution in [0.1, 0.15) is 31.0 Å². The maximum Gasteiger partial charge on any atom is 0.315 e. The number of hydrogen-bond donors (Lipinski definition) is 1. The van der Waals surface area contributed by atoms with Crippen molar-refractivity contribution in [3.63, 3.8) is 0 Å². The molecule has 8 heteroatoms. The minimum Gasteiger partial charge on any atom is -0.334 e. The summed E-state index contributed by atoms with van der Waals surface area (Å²) in [7, 11) is 0. The Morgan fingerprint density at radius 3 is 2.78 bits per heavy atom. The molecule has 0 bridgehead atoms. The number of rotatable bonds is 2. The number of anilines is 1. The van der Waals surface area contributed by atoms with E-state index in [0.29, 0.717) is 30.5 Å². The van der Waals surface area contributed by atoms with Gasteiger partial charge in [0.2, 0.25) is 0 Å². The Labute approximate surface area is 161 Å². The number of carbonyl (C=O) groups excluding carboxylic acids is 2. The standard InChI is InChI=1S/C19H21FN4O2S/c1-12-3-2-8-23(9-12)19(26)18(25)21-17-15-10-27-11-16(15)22-24(17)14-6-4-13(20)5-7-14/h4-7,12H,2-3,8-11H2,1H3,(H,21,25)/t12-/m0/s1. The number of likely N-dealkylation sites (tertiary alicyclic amines) is 1. The van der Waals surface area contributed by atoms with Gasteiger partial charge < -0.3 is 10.2 Å². The summed E-state index contributed by atoms with van der Waals surface area (Å²) in [6.07, 6.45) is 1.99. The van der Waals surface area contributed by atoms with E-state index in [-0.39, 0.29) is 5.82 Å². The molecule has 0 saturated carbocycles. The molecule has 27 heavy (non-hydrogen) atoms. The normalized spacial score (nSPS) is 19.0. The van der Waals surface area contributed by atoms with Gasteiger partial charge in [-0.3, -0.25) is 9.59 Å². The second-order valence-corrected chi connectivity index (χ2v) is 8.09. The van der Waals surface area contributed by atoms with Crippen LogP contribution in [0.4, 0.5) is 10.2 Å². The topological polar surface area (TPSA) is 67.2 Å². The summed E-state index contributed by atoms with van der Waals surface area (Å²) in [5.41, 5.74) is 2.46. The van der Waals surface area contributed by atoms with E-state index in [1.807, 2.05) is 0 Å². The highest BCUT2D eigenvalue weighted by molar-refractivity contribution is 7.98. The van der Waals surface area contributed by atoms with E-state index in [4.69, 9.17) is 0 Å². The summed E-state index contributed by atoms with van der Waals surface area (Å²) >= 11 is 1.71. The summed E-state index contributed by atoms with van der Waals surface area (Å²) in [6, 6.07) is 5.91. The summed E-state index contributed by atoms with van der Waals surface area (Å²) in [6.45, 7) is 3.31. The molecule has 1 aromatic heterocycles. The van der Waals surface area contributed by atoms with Gasteiger partial charge in [-0.25, -0.2) is 9.07 Å². The molecule has 1 aromatic carbocycles. The predicted molar refractivity (Wildman–Crippen MR) is 102 cm³/mol. The van der Waals surface area contributed by atoms with Gasteiger partial charge in [0.25, 0.3) is 0 Å². The Hall–Kier alpha value is -2.35. The highest BCUT2D eigenvalue weighted by atomic mass is 32.2. The molecule has 2 aliphatic heterocycles. The lowest BCUT2D eigenvalue weighted by Crippen LogP contribution is -2.45. The van der Waals surface area contributed by atoms with Gasteiger partial charge >= 0.3 is 11.8 Å². The average Bonchev–Trinajstić information content (AvgIpc) is 3.24. The Bertz CT molecular complexity index is 881. The number of thioether (sulfide) groups is 1. The van der Waals surface area contributed by atoms with E-state index in [1.54, 1.807) is 33.5 Å². The van der Waals surface area contributed by atoms with Crippen molar-refractivity contribution in [3.05, 3.63) is 41.3 Å². The van der Waals surface area contributed by atoms with Gasteiger partial charge in [0.05, 0.1) is 11.4 Å². The smallest absolute Gasteiger partial charge is 0.315 e. The van der Waals surface area contributed by atoms with Gasteiger partial charge in [-0.1, -0.05) is 6.92 Å². The molecule has 0 spiro atoms. The minimum absolute atomic E-state index is 0.339. The predicted octanol–water partition coefficient (Wildman–Crippen LogP) is 2.96. The first-order chi connectivity index (χ1) is 13.0. The van der Waals surface area contributed by atoms with Crippen molar-refractivity contribution >= 4 is 29.4 Å². The van der Waals surface area contributed by atoms with Crippen LogP contribution in [0.5, 0.6) is 0 Å². The molecule has 4 rings (SSSR count). The first kappa shape index (κ1) is 18.0. The maximum atomic E-state index is 13.3. The fourth-order valence-corrected chi connectivity index (χ4v) is 4.62. The van der Waals surface area contributed by atoms with E-state index < -0.39 is 11.8 Å². The van der Waals surface area contributed by atoms with E-state index >= 15 is 0 Å². The first-order valence-corrected chi connectivity index (χ1v) is 10.2. The molecule has 142 valence electrons. The van der Waals surface area contributed by atoms with Gasteiger partial charge in [-0.05, 0) is 43.0 Å². The zero-order valence-corrected chi connectivity index (χ0v) is 15.9. The third-order valence-corrected chi connectivity index (χ3v) is 5.96. The molecule has 2 amide bonds. The first-order valence-electron chi connectivity index (χ1n) is 9.07. The van der Waals surface area contributed by atoms with Crippen molar-refractivity contribution in [2.75, 3.05) is 18.4 Å². The van der Waals surface area contributed by atoms with Gasteiger partial charge in [0.15, 0.2) is 0 Å². The fourth-order valence-electron chi connectivity index (χ4n) is 3.59. The van der Waals surface area contributed by atoms with Crippen molar-refractivity contribution in [1.29, 1.82) is 0 Å². The number of amides is 2. The third-order valence-electron chi connectivity index (χ3n) is 4.99. The maximum absolute atomic E-state index is 13.3. The van der Waals surface area contributed by atoms with Gasteiger partial charge in [0, 0.05) is 30.2 Å². The van der Waals surface area contributed by atoms with Crippen LogP contribution in [0.3, 0.4) is 0 Å². The molecule has 1 atom stereocenters. The van der Waals surface area contributed by atoms with E-state index in [0.717, 1.165) is 35.6 Å². The second-order valence-electron chi connectivity index (χ2n) is 7.11. The number of carbonyl (C=O) groups is 2. The SMILES string of the molecule is C[C@H]1CCCN(C(=O)C(=O)Nc2c3c(nn2-c2ccc(F)cc2)CSC3)C1. The second kappa shape index (κ2) is 7.34. The quantitative estimate of drug-likeness (QED) is 0.804. The Kier molecular flexibility index (Phi) is 4.90. The number of nitrogens with zero attached hydrogens (tertiary/aromatic N) is 3. The van der Waals surface area contributed by atoms with Crippen molar-refractivity contribution in [3.8, 4) is 5.69 Å². The summed E-state index contributed by atoms with van der Waals surface area (Å²) in [5.74, 6) is 0.894. The molecule has 2 aromatic rings. The van der Waals surface area contributed by atoms with Crippen LogP contribution in [-0.4, -0.2) is 39.6 Å². The van der Waals surface area contributed by atoms with Crippen molar-refractivity contribution in [2.24, 2.45) is 5.92 Å². The summed E-state index contributed by atoms with van der Waals surface area (Å²) in [4.78, 5) is 26.9. The molecule has 0 unspecified atom stereocenters. The zero-order valence-electron chi connectivity index (χ0n) is 15.1. The van der Waals surface area contributed by atoms with Crippen molar-refractivity contribution in [2.45, 2.75) is 31.3 Å². The highest BCUT2D eigenvalue weighted by Gasteiger charge is 2.30. The summed E-state index contributed by atoms with van der Waals surface area (Å²) in [5, 5.41) is 7.34. The Balaban J connectivity index is 1.60. The van der Waals surface area contributed by atoms with E-state index in [1.165, 1.54) is 12.1 Å². The number of aromatic nitrogens is 2. The Morgan fingerprint density at radius 2 is 2.04 bits per heavy atom. The van der Waals surface area contributed by atoms with Crippen LogP contribution in [0.2, 0.25) is 0 Å². The van der Waals surface area contributed by atoms with Crippen LogP contribution < -0.4 is 5.32 Å². The number of benzene rings is 1. The molecule has 2 aliphatic rings. The molecule has 3 heterocycles. The number of fused-ring (bicyclic) bond motifs is 1. The minimum atomic E-state index is -0.646. The number of halogens is 1. The van der Waals surface area contributed by atoms with Gasteiger partial charge in [0.1, 0.15) is 11.6 Å². The van der Waals surface area contributed by atoms with Crippen LogP contribution in [0, 0.1) is 11.7 Å². The molecular formula is C19H21FN4O2S. The Morgan fingerprint density at radius 1 is 1.26 bits per heavy atom. The monoisotopic (exact) mass is 388 g/mol. The molecule has 0 radical (unpaired) electrons. The number of hydrogen-bond acceptors (Lipinski definition) is 4. The lowest BCUT2D eigenvalue weighted by molar-refractivity contribution is -0.144. The highest BCUT2D eigenvalue weighted by Crippen LogP contribution is 2.36. The van der Waals surface area contributed by atoms with Gasteiger partial charge in [-0.15, -0.1) is 0 Å². The van der Waals surface area contributed by atoms with Gasteiger partial charge in [-0.2, -0.15) is 16.9 Å². The largest absolute Gasteiger partial charge is 0.334 e. The zero-order chi connectivity index (χ0) is 19.0. The fraction of sp³-hybridized carbons (Fsp3) is 0.421. The lowest BCUT2D eigenvalue weighted by Gasteiger charge is -2.30. The molecular weight excluding hydrogens is 367 g/mol. The molecule has 1 fully saturated rings.